The lowest BCUT2D eigenvalue weighted by atomic mass is 10.2. The van der Waals surface area contributed by atoms with Gasteiger partial charge in [-0.1, -0.05) is 6.07 Å². The van der Waals surface area contributed by atoms with Crippen molar-refractivity contribution in [3.8, 4) is 0 Å². The lowest BCUT2D eigenvalue weighted by molar-refractivity contribution is 0.0698. The molecule has 0 amide bonds. The number of hydrogen-bond acceptors (Lipinski definition) is 3. The van der Waals surface area contributed by atoms with E-state index in [-0.39, 0.29) is 0 Å². The normalized spacial score (nSPS) is 11.1. The molecule has 0 aliphatic heterocycles. The van der Waals surface area contributed by atoms with Crippen molar-refractivity contribution in [3.63, 3.8) is 0 Å². The minimum Gasteiger partial charge on any atom is -0.478 e. The van der Waals surface area contributed by atoms with Gasteiger partial charge in [-0.25, -0.2) is 9.78 Å². The first-order valence-electron chi connectivity index (χ1n) is 6.06. The van der Waals surface area contributed by atoms with Gasteiger partial charge >= 0.3 is 5.97 Å². The smallest absolute Gasteiger partial charge is 0.337 e. The van der Waals surface area contributed by atoms with Crippen LogP contribution in [0.1, 0.15) is 15.2 Å². The zero-order valence-electron chi connectivity index (χ0n) is 10.4. The summed E-state index contributed by atoms with van der Waals surface area (Å²) in [5, 5.41) is 9.27. The van der Waals surface area contributed by atoms with E-state index in [2.05, 4.69) is 27.0 Å². The molecule has 0 spiro atoms. The topological polar surface area (TPSA) is 55.1 Å². The summed E-state index contributed by atoms with van der Waals surface area (Å²) in [4.78, 5) is 16.8. The van der Waals surface area contributed by atoms with Crippen molar-refractivity contribution in [2.45, 2.75) is 13.0 Å². The van der Waals surface area contributed by atoms with Gasteiger partial charge in [-0.05, 0) is 46.6 Å². The Labute approximate surface area is 127 Å². The minimum absolute atomic E-state index is 0.298. The quantitative estimate of drug-likeness (QED) is 0.778. The lowest BCUT2D eigenvalue weighted by Gasteiger charge is -2.05. The number of benzene rings is 1. The molecular weight excluding hydrogens is 340 g/mol. The SMILES string of the molecule is O=C(O)c1cccc2ncn(CCc3ccc(Br)s3)c12. The first-order valence-corrected chi connectivity index (χ1v) is 7.67. The van der Waals surface area contributed by atoms with Gasteiger partial charge in [0.2, 0.25) is 0 Å². The molecule has 3 rings (SSSR count). The molecular formula is C14H11BrN2O2S. The van der Waals surface area contributed by atoms with Gasteiger partial charge in [0.25, 0.3) is 0 Å². The second-order valence-corrected chi connectivity index (χ2v) is 6.92. The largest absolute Gasteiger partial charge is 0.478 e. The van der Waals surface area contributed by atoms with E-state index in [9.17, 15) is 9.90 Å². The number of carboxylic acid groups (broad SMARTS) is 1. The van der Waals surface area contributed by atoms with E-state index >= 15 is 0 Å². The molecule has 0 atom stereocenters. The van der Waals surface area contributed by atoms with E-state index in [1.807, 2.05) is 16.7 Å². The van der Waals surface area contributed by atoms with Crippen LogP contribution >= 0.6 is 27.3 Å². The van der Waals surface area contributed by atoms with Crippen LogP contribution in [-0.2, 0) is 13.0 Å². The highest BCUT2D eigenvalue weighted by Crippen LogP contribution is 2.24. The van der Waals surface area contributed by atoms with E-state index in [0.29, 0.717) is 17.6 Å². The van der Waals surface area contributed by atoms with E-state index in [1.54, 1.807) is 29.8 Å². The van der Waals surface area contributed by atoms with Crippen molar-refractivity contribution >= 4 is 44.3 Å². The maximum atomic E-state index is 11.3. The number of fused-ring (bicyclic) bond motifs is 1. The third kappa shape index (κ3) is 2.48. The first-order chi connectivity index (χ1) is 9.65. The van der Waals surface area contributed by atoms with E-state index in [1.165, 1.54) is 4.88 Å². The molecule has 3 aromatic rings. The molecule has 1 N–H and O–H groups in total. The highest BCUT2D eigenvalue weighted by molar-refractivity contribution is 9.11. The van der Waals surface area contributed by atoms with Crippen LogP contribution in [0.2, 0.25) is 0 Å². The van der Waals surface area contributed by atoms with E-state index < -0.39 is 5.97 Å². The zero-order valence-corrected chi connectivity index (χ0v) is 12.8. The van der Waals surface area contributed by atoms with E-state index in [4.69, 9.17) is 0 Å². The van der Waals surface area contributed by atoms with Crippen molar-refractivity contribution < 1.29 is 9.90 Å². The molecule has 0 saturated carbocycles. The molecule has 102 valence electrons. The Hall–Kier alpha value is -1.66. The van der Waals surface area contributed by atoms with Crippen molar-refractivity contribution in [2.75, 3.05) is 0 Å². The molecule has 1 aromatic carbocycles. The average Bonchev–Trinajstić information content (AvgIpc) is 3.02. The van der Waals surface area contributed by atoms with Gasteiger partial charge in [0, 0.05) is 11.4 Å². The number of aromatic nitrogens is 2. The van der Waals surface area contributed by atoms with Crippen LogP contribution in [0.4, 0.5) is 0 Å². The van der Waals surface area contributed by atoms with Crippen LogP contribution in [0.3, 0.4) is 0 Å². The molecule has 2 heterocycles. The lowest BCUT2D eigenvalue weighted by Crippen LogP contribution is -2.04. The van der Waals surface area contributed by atoms with E-state index in [0.717, 1.165) is 15.7 Å². The van der Waals surface area contributed by atoms with Crippen molar-refractivity contribution in [3.05, 3.63) is 50.9 Å². The van der Waals surface area contributed by atoms with Crippen molar-refractivity contribution in [1.82, 2.24) is 9.55 Å². The molecule has 0 aliphatic rings. The van der Waals surface area contributed by atoms with Crippen LogP contribution < -0.4 is 0 Å². The number of nitrogens with zero attached hydrogens (tertiary/aromatic N) is 2. The molecule has 0 bridgehead atoms. The molecule has 6 heteroatoms. The van der Waals surface area contributed by atoms with Crippen LogP contribution in [0.5, 0.6) is 0 Å². The van der Waals surface area contributed by atoms with Crippen LogP contribution in [-0.4, -0.2) is 20.6 Å². The number of aryl methyl sites for hydroxylation is 2. The highest BCUT2D eigenvalue weighted by atomic mass is 79.9. The summed E-state index contributed by atoms with van der Waals surface area (Å²) < 4.78 is 3.01. The van der Waals surface area contributed by atoms with Gasteiger partial charge in [0.05, 0.1) is 26.7 Å². The van der Waals surface area contributed by atoms with Gasteiger partial charge in [-0.3, -0.25) is 0 Å². The monoisotopic (exact) mass is 350 g/mol. The number of carboxylic acids is 1. The number of halogens is 1. The molecule has 0 radical (unpaired) electrons. The van der Waals surface area contributed by atoms with Crippen LogP contribution in [0.15, 0.2) is 40.4 Å². The van der Waals surface area contributed by atoms with Gasteiger partial charge < -0.3 is 9.67 Å². The highest BCUT2D eigenvalue weighted by Gasteiger charge is 2.13. The summed E-state index contributed by atoms with van der Waals surface area (Å²) in [6.07, 6.45) is 2.56. The fraction of sp³-hybridized carbons (Fsp3) is 0.143. The predicted molar refractivity (Wildman–Crippen MR) is 82.4 cm³/mol. The summed E-state index contributed by atoms with van der Waals surface area (Å²) in [5.41, 5.74) is 1.71. The Morgan fingerprint density at radius 3 is 2.90 bits per heavy atom. The number of aromatic carboxylic acids is 1. The molecule has 4 nitrogen and oxygen atoms in total. The number of imidazole rings is 1. The maximum Gasteiger partial charge on any atom is 0.337 e. The molecule has 2 aromatic heterocycles. The third-order valence-corrected chi connectivity index (χ3v) is 4.78. The summed E-state index contributed by atoms with van der Waals surface area (Å²) in [7, 11) is 0. The number of thiophene rings is 1. The summed E-state index contributed by atoms with van der Waals surface area (Å²) >= 11 is 5.14. The second-order valence-electron chi connectivity index (χ2n) is 4.37. The molecule has 20 heavy (non-hydrogen) atoms. The molecule has 0 unspecified atom stereocenters. The Morgan fingerprint density at radius 2 is 2.20 bits per heavy atom. The number of hydrogen-bond donors (Lipinski definition) is 1. The van der Waals surface area contributed by atoms with Gasteiger partial charge in [-0.15, -0.1) is 11.3 Å². The molecule has 0 aliphatic carbocycles. The Balaban J connectivity index is 1.93. The predicted octanol–water partition coefficient (Wildman–Crippen LogP) is 3.80. The summed E-state index contributed by atoms with van der Waals surface area (Å²) in [6, 6.07) is 9.27. The average molecular weight is 351 g/mol. The first kappa shape index (κ1) is 13.3. The van der Waals surface area contributed by atoms with Crippen LogP contribution in [0, 0.1) is 0 Å². The fourth-order valence-corrected chi connectivity index (χ4v) is 3.66. The van der Waals surface area contributed by atoms with Gasteiger partial charge in [-0.2, -0.15) is 0 Å². The molecule has 0 fully saturated rings. The Kier molecular flexibility index (Phi) is 3.58. The van der Waals surface area contributed by atoms with Gasteiger partial charge in [0.15, 0.2) is 0 Å². The molecule has 0 saturated heterocycles. The number of carbonyl (C=O) groups is 1. The third-order valence-electron chi connectivity index (χ3n) is 3.10. The summed E-state index contributed by atoms with van der Waals surface area (Å²) in [5.74, 6) is -0.920. The maximum absolute atomic E-state index is 11.3. The Bertz CT molecular complexity index is 778. The fourth-order valence-electron chi connectivity index (χ4n) is 2.19. The zero-order chi connectivity index (χ0) is 14.1. The number of rotatable bonds is 4. The summed E-state index contributed by atoms with van der Waals surface area (Å²) in [6.45, 7) is 0.716. The van der Waals surface area contributed by atoms with Crippen LogP contribution in [0.25, 0.3) is 11.0 Å². The second kappa shape index (κ2) is 5.38. The van der Waals surface area contributed by atoms with Crippen molar-refractivity contribution in [1.29, 1.82) is 0 Å². The standard InChI is InChI=1S/C14H11BrN2O2S/c15-12-5-4-9(20-12)6-7-17-8-16-11-3-1-2-10(13(11)17)14(18)19/h1-5,8H,6-7H2,(H,18,19). The van der Waals surface area contributed by atoms with Gasteiger partial charge in [0.1, 0.15) is 0 Å². The minimum atomic E-state index is -0.920. The Morgan fingerprint density at radius 1 is 1.35 bits per heavy atom. The van der Waals surface area contributed by atoms with Crippen molar-refractivity contribution in [2.24, 2.45) is 0 Å². The number of para-hydroxylation sites is 1.